The van der Waals surface area contributed by atoms with E-state index in [0.29, 0.717) is 17.1 Å². The number of para-hydroxylation sites is 1. The highest BCUT2D eigenvalue weighted by Crippen LogP contribution is 2.30. The lowest BCUT2D eigenvalue weighted by molar-refractivity contribution is -0.139. The molecular weight excluding hydrogens is 296 g/mol. The van der Waals surface area contributed by atoms with Crippen molar-refractivity contribution in [1.29, 1.82) is 0 Å². The number of ether oxygens (including phenoxy) is 1. The van der Waals surface area contributed by atoms with Crippen molar-refractivity contribution in [2.24, 2.45) is 0 Å². The summed E-state index contributed by atoms with van der Waals surface area (Å²) in [5.74, 6) is 0.0937. The van der Waals surface area contributed by atoms with E-state index in [0.717, 1.165) is 11.1 Å². The fourth-order valence-corrected chi connectivity index (χ4v) is 2.17. The van der Waals surface area contributed by atoms with Crippen LogP contribution in [0.1, 0.15) is 5.56 Å². The number of hydrogen-bond donors (Lipinski definition) is 1. The number of benzene rings is 2. The first kappa shape index (κ1) is 14.8. The monoisotopic (exact) mass is 310 g/mol. The van der Waals surface area contributed by atoms with Gasteiger partial charge in [0.15, 0.2) is 6.61 Å². The van der Waals surface area contributed by atoms with Gasteiger partial charge in [0.2, 0.25) is 5.82 Å². The molecule has 0 fully saturated rings. The van der Waals surface area contributed by atoms with Gasteiger partial charge in [0.1, 0.15) is 5.75 Å². The van der Waals surface area contributed by atoms with Gasteiger partial charge in [0, 0.05) is 5.56 Å². The van der Waals surface area contributed by atoms with Crippen molar-refractivity contribution >= 4 is 5.97 Å². The highest BCUT2D eigenvalue weighted by atomic mass is 16.5. The molecule has 0 spiro atoms. The SMILES string of the molecule is Cc1ccccc1-c1noc(-c2ccccc2OCC(=O)O)n1. The van der Waals surface area contributed by atoms with Gasteiger partial charge in [0.05, 0.1) is 5.56 Å². The Labute approximate surface area is 132 Å². The first-order valence-electron chi connectivity index (χ1n) is 6.99. The number of aliphatic carboxylic acids is 1. The zero-order valence-electron chi connectivity index (χ0n) is 12.4. The fourth-order valence-electron chi connectivity index (χ4n) is 2.17. The first-order valence-corrected chi connectivity index (χ1v) is 6.99. The summed E-state index contributed by atoms with van der Waals surface area (Å²) < 4.78 is 10.6. The summed E-state index contributed by atoms with van der Waals surface area (Å²) in [7, 11) is 0. The first-order chi connectivity index (χ1) is 11.1. The predicted molar refractivity (Wildman–Crippen MR) is 83.0 cm³/mol. The van der Waals surface area contributed by atoms with E-state index < -0.39 is 12.6 Å². The number of carboxylic acids is 1. The Balaban J connectivity index is 1.95. The van der Waals surface area contributed by atoms with Crippen LogP contribution in [0.25, 0.3) is 22.8 Å². The van der Waals surface area contributed by atoms with Gasteiger partial charge >= 0.3 is 5.97 Å². The largest absolute Gasteiger partial charge is 0.481 e. The number of aromatic nitrogens is 2. The predicted octanol–water partition coefficient (Wildman–Crippen LogP) is 3.18. The number of carboxylic acid groups (broad SMARTS) is 1. The molecule has 0 bridgehead atoms. The summed E-state index contributed by atoms with van der Waals surface area (Å²) in [5, 5.41) is 12.7. The van der Waals surface area contributed by atoms with Crippen LogP contribution >= 0.6 is 0 Å². The maximum Gasteiger partial charge on any atom is 0.341 e. The minimum Gasteiger partial charge on any atom is -0.481 e. The van der Waals surface area contributed by atoms with Crippen LogP contribution in [0.2, 0.25) is 0 Å². The van der Waals surface area contributed by atoms with Crippen LogP contribution in [0.15, 0.2) is 53.1 Å². The Morgan fingerprint density at radius 1 is 1.13 bits per heavy atom. The van der Waals surface area contributed by atoms with E-state index in [1.54, 1.807) is 24.3 Å². The van der Waals surface area contributed by atoms with Gasteiger partial charge in [0.25, 0.3) is 5.89 Å². The van der Waals surface area contributed by atoms with Crippen LogP contribution in [0.5, 0.6) is 5.75 Å². The van der Waals surface area contributed by atoms with E-state index >= 15 is 0 Å². The minimum atomic E-state index is -1.05. The van der Waals surface area contributed by atoms with Gasteiger partial charge in [-0.3, -0.25) is 0 Å². The highest BCUT2D eigenvalue weighted by Gasteiger charge is 2.16. The molecule has 0 unspecified atom stereocenters. The molecule has 1 N–H and O–H groups in total. The topological polar surface area (TPSA) is 85.5 Å². The maximum absolute atomic E-state index is 10.7. The lowest BCUT2D eigenvalue weighted by Crippen LogP contribution is -2.09. The van der Waals surface area contributed by atoms with E-state index in [9.17, 15) is 4.79 Å². The van der Waals surface area contributed by atoms with E-state index in [1.165, 1.54) is 0 Å². The van der Waals surface area contributed by atoms with Crippen molar-refractivity contribution in [2.45, 2.75) is 6.92 Å². The summed E-state index contributed by atoms with van der Waals surface area (Å²) in [6, 6.07) is 14.7. The second kappa shape index (κ2) is 6.31. The van der Waals surface area contributed by atoms with Gasteiger partial charge in [-0.1, -0.05) is 41.6 Å². The average molecular weight is 310 g/mol. The molecule has 2 aromatic carbocycles. The Morgan fingerprint density at radius 3 is 2.57 bits per heavy atom. The molecule has 1 heterocycles. The molecule has 23 heavy (non-hydrogen) atoms. The minimum absolute atomic E-state index is 0.282. The molecule has 0 saturated carbocycles. The Bertz CT molecular complexity index is 842. The molecule has 0 aliphatic rings. The van der Waals surface area contributed by atoms with Crippen LogP contribution in [0.3, 0.4) is 0 Å². The summed E-state index contributed by atoms with van der Waals surface area (Å²) in [4.78, 5) is 15.1. The van der Waals surface area contributed by atoms with Crippen molar-refractivity contribution in [3.63, 3.8) is 0 Å². The normalized spacial score (nSPS) is 10.5. The molecule has 3 aromatic rings. The van der Waals surface area contributed by atoms with Crippen molar-refractivity contribution in [2.75, 3.05) is 6.61 Å². The van der Waals surface area contributed by atoms with E-state index in [4.69, 9.17) is 14.4 Å². The Morgan fingerprint density at radius 2 is 1.83 bits per heavy atom. The summed E-state index contributed by atoms with van der Waals surface area (Å²) >= 11 is 0. The molecule has 0 aliphatic heterocycles. The second-order valence-electron chi connectivity index (χ2n) is 4.92. The van der Waals surface area contributed by atoms with E-state index in [-0.39, 0.29) is 5.89 Å². The van der Waals surface area contributed by atoms with Gasteiger partial charge < -0.3 is 14.4 Å². The number of hydrogen-bond acceptors (Lipinski definition) is 5. The molecule has 6 nitrogen and oxygen atoms in total. The van der Waals surface area contributed by atoms with Crippen LogP contribution in [0.4, 0.5) is 0 Å². The molecule has 116 valence electrons. The fraction of sp³-hybridized carbons (Fsp3) is 0.118. The molecule has 0 aliphatic carbocycles. The molecule has 0 amide bonds. The number of carbonyl (C=O) groups is 1. The van der Waals surface area contributed by atoms with Crippen molar-refractivity contribution in [1.82, 2.24) is 10.1 Å². The summed E-state index contributed by atoms with van der Waals surface area (Å²) in [6.45, 7) is 1.53. The van der Waals surface area contributed by atoms with Crippen LogP contribution in [-0.2, 0) is 4.79 Å². The molecule has 0 atom stereocenters. The van der Waals surface area contributed by atoms with Crippen LogP contribution < -0.4 is 4.74 Å². The second-order valence-corrected chi connectivity index (χ2v) is 4.92. The van der Waals surface area contributed by atoms with E-state index in [1.807, 2.05) is 31.2 Å². The van der Waals surface area contributed by atoms with Gasteiger partial charge in [-0.05, 0) is 24.6 Å². The number of nitrogens with zero attached hydrogens (tertiary/aromatic N) is 2. The third-order valence-corrected chi connectivity index (χ3v) is 3.28. The Kier molecular flexibility index (Phi) is 4.05. The molecule has 1 aromatic heterocycles. The lowest BCUT2D eigenvalue weighted by atomic mass is 10.1. The summed E-state index contributed by atoms with van der Waals surface area (Å²) in [5.41, 5.74) is 2.47. The van der Waals surface area contributed by atoms with Gasteiger partial charge in [-0.2, -0.15) is 4.98 Å². The maximum atomic E-state index is 10.7. The van der Waals surface area contributed by atoms with Crippen LogP contribution in [-0.4, -0.2) is 27.8 Å². The lowest BCUT2D eigenvalue weighted by Gasteiger charge is -2.06. The molecule has 3 rings (SSSR count). The van der Waals surface area contributed by atoms with Gasteiger partial charge in [-0.15, -0.1) is 0 Å². The average Bonchev–Trinajstić information content (AvgIpc) is 3.03. The highest BCUT2D eigenvalue weighted by molar-refractivity contribution is 5.70. The number of rotatable bonds is 5. The molecule has 0 radical (unpaired) electrons. The number of aryl methyl sites for hydroxylation is 1. The molecular formula is C17H14N2O4. The van der Waals surface area contributed by atoms with Crippen molar-refractivity contribution in [3.8, 4) is 28.6 Å². The van der Waals surface area contributed by atoms with Gasteiger partial charge in [-0.25, -0.2) is 4.79 Å². The Hall–Kier alpha value is -3.15. The standard InChI is InChI=1S/C17H14N2O4/c1-11-6-2-3-7-12(11)16-18-17(23-19-16)13-8-4-5-9-14(13)22-10-15(20)21/h2-9H,10H2,1H3,(H,20,21). The zero-order chi connectivity index (χ0) is 16.2. The van der Waals surface area contributed by atoms with Crippen molar-refractivity contribution in [3.05, 3.63) is 54.1 Å². The third-order valence-electron chi connectivity index (χ3n) is 3.28. The summed E-state index contributed by atoms with van der Waals surface area (Å²) in [6.07, 6.45) is 0. The zero-order valence-corrected chi connectivity index (χ0v) is 12.4. The van der Waals surface area contributed by atoms with E-state index in [2.05, 4.69) is 10.1 Å². The van der Waals surface area contributed by atoms with Crippen molar-refractivity contribution < 1.29 is 19.2 Å². The quantitative estimate of drug-likeness (QED) is 0.779. The molecule has 0 saturated heterocycles. The molecule has 6 heteroatoms. The van der Waals surface area contributed by atoms with Crippen LogP contribution in [0, 0.1) is 6.92 Å². The smallest absolute Gasteiger partial charge is 0.341 e. The third kappa shape index (κ3) is 3.21.